The highest BCUT2D eigenvalue weighted by molar-refractivity contribution is 5.96. The van der Waals surface area contributed by atoms with Crippen LogP contribution in [0, 0.1) is 6.92 Å². The smallest absolute Gasteiger partial charge is 0.251 e. The van der Waals surface area contributed by atoms with Crippen molar-refractivity contribution in [2.75, 3.05) is 19.6 Å². The van der Waals surface area contributed by atoms with E-state index in [2.05, 4.69) is 25.3 Å². The van der Waals surface area contributed by atoms with Gasteiger partial charge in [0.05, 0.1) is 18.4 Å². The molecular weight excluding hydrogens is 406 g/mol. The first-order valence-electron chi connectivity index (χ1n) is 11.0. The van der Waals surface area contributed by atoms with Crippen molar-refractivity contribution in [2.45, 2.75) is 46.3 Å². The first-order chi connectivity index (χ1) is 15.4. The number of ether oxygens (including phenoxy) is 1. The summed E-state index contributed by atoms with van der Waals surface area (Å²) in [4.78, 5) is 23.3. The van der Waals surface area contributed by atoms with Crippen LogP contribution in [0.1, 0.15) is 54.3 Å². The average molecular weight is 436 g/mol. The van der Waals surface area contributed by atoms with Crippen LogP contribution in [0.2, 0.25) is 0 Å². The second-order valence-electron chi connectivity index (χ2n) is 8.40. The summed E-state index contributed by atoms with van der Waals surface area (Å²) in [6.45, 7) is 10.8. The van der Waals surface area contributed by atoms with Gasteiger partial charge in [0.15, 0.2) is 5.82 Å². The molecule has 8 nitrogen and oxygen atoms in total. The van der Waals surface area contributed by atoms with Crippen molar-refractivity contribution in [1.82, 2.24) is 25.3 Å². The minimum absolute atomic E-state index is 0.0535. The van der Waals surface area contributed by atoms with E-state index in [9.17, 15) is 4.79 Å². The maximum Gasteiger partial charge on any atom is 0.251 e. The summed E-state index contributed by atoms with van der Waals surface area (Å²) in [5.41, 5.74) is 3.42. The topological polar surface area (TPSA) is 93.4 Å². The predicted octanol–water partition coefficient (Wildman–Crippen LogP) is 3.58. The van der Waals surface area contributed by atoms with E-state index in [1.54, 1.807) is 6.20 Å². The molecule has 0 radical (unpaired) electrons. The number of likely N-dealkylation sites (tertiary alicyclic amines) is 1. The summed E-state index contributed by atoms with van der Waals surface area (Å²) in [5.74, 6) is 2.34. The molecule has 1 amide bonds. The molecule has 1 saturated heterocycles. The van der Waals surface area contributed by atoms with Crippen LogP contribution < -0.4 is 10.1 Å². The SMILES string of the molecule is CCNC(=O)c1ccc(-c2ccc(OC3CN(Cc4nc(C(C)C)no4)C3)cn2)cc1C. The molecule has 1 aliphatic rings. The zero-order chi connectivity index (χ0) is 22.7. The summed E-state index contributed by atoms with van der Waals surface area (Å²) in [6.07, 6.45) is 1.87. The highest BCUT2D eigenvalue weighted by atomic mass is 16.5. The van der Waals surface area contributed by atoms with Gasteiger partial charge >= 0.3 is 0 Å². The summed E-state index contributed by atoms with van der Waals surface area (Å²) in [5, 5.41) is 6.84. The van der Waals surface area contributed by atoms with Crippen molar-refractivity contribution in [3.8, 4) is 17.0 Å². The Morgan fingerprint density at radius 2 is 2.09 bits per heavy atom. The third-order valence-electron chi connectivity index (χ3n) is 5.43. The molecule has 1 N–H and O–H groups in total. The predicted molar refractivity (Wildman–Crippen MR) is 120 cm³/mol. The number of hydrogen-bond acceptors (Lipinski definition) is 7. The molecule has 1 fully saturated rings. The van der Waals surface area contributed by atoms with Gasteiger partial charge in [-0.05, 0) is 43.7 Å². The molecule has 0 saturated carbocycles. The molecule has 0 bridgehead atoms. The quantitative estimate of drug-likeness (QED) is 0.578. The van der Waals surface area contributed by atoms with E-state index in [1.807, 2.05) is 58.0 Å². The number of nitrogens with zero attached hydrogens (tertiary/aromatic N) is 4. The van der Waals surface area contributed by atoms with E-state index < -0.39 is 0 Å². The molecule has 0 aliphatic carbocycles. The lowest BCUT2D eigenvalue weighted by Crippen LogP contribution is -2.53. The Kier molecular flexibility index (Phi) is 6.50. The van der Waals surface area contributed by atoms with Gasteiger partial charge in [-0.1, -0.05) is 25.1 Å². The standard InChI is InChI=1S/C24H29N5O3/c1-5-25-24(30)20-8-6-17(10-16(20)4)21-9-7-18(11-26-21)31-19-12-29(13-19)14-22-27-23(15(2)3)28-32-22/h6-11,15,19H,5,12-14H2,1-4H3,(H,25,30). The third-order valence-corrected chi connectivity index (χ3v) is 5.43. The molecule has 32 heavy (non-hydrogen) atoms. The number of rotatable bonds is 8. The van der Waals surface area contributed by atoms with Crippen LogP contribution in [0.25, 0.3) is 11.3 Å². The Bertz CT molecular complexity index is 1070. The number of nitrogens with one attached hydrogen (secondary N) is 1. The zero-order valence-electron chi connectivity index (χ0n) is 19.0. The van der Waals surface area contributed by atoms with E-state index in [4.69, 9.17) is 9.26 Å². The fourth-order valence-corrected chi connectivity index (χ4v) is 3.63. The van der Waals surface area contributed by atoms with Crippen LogP contribution in [-0.2, 0) is 6.54 Å². The fourth-order valence-electron chi connectivity index (χ4n) is 3.63. The molecule has 3 aromatic rings. The van der Waals surface area contributed by atoms with Gasteiger partial charge in [0.1, 0.15) is 11.9 Å². The van der Waals surface area contributed by atoms with Crippen LogP contribution in [0.4, 0.5) is 0 Å². The highest BCUT2D eigenvalue weighted by Crippen LogP contribution is 2.24. The summed E-state index contributed by atoms with van der Waals surface area (Å²) >= 11 is 0. The van der Waals surface area contributed by atoms with Crippen molar-refractivity contribution < 1.29 is 14.1 Å². The van der Waals surface area contributed by atoms with E-state index in [0.29, 0.717) is 24.5 Å². The molecule has 8 heteroatoms. The largest absolute Gasteiger partial charge is 0.486 e. The number of carbonyl (C=O) groups is 1. The van der Waals surface area contributed by atoms with Gasteiger partial charge < -0.3 is 14.6 Å². The molecule has 2 aromatic heterocycles. The van der Waals surface area contributed by atoms with Crippen molar-refractivity contribution in [2.24, 2.45) is 0 Å². The van der Waals surface area contributed by atoms with Gasteiger partial charge in [-0.15, -0.1) is 0 Å². The molecule has 168 valence electrons. The van der Waals surface area contributed by atoms with E-state index in [0.717, 1.165) is 41.5 Å². The first-order valence-corrected chi connectivity index (χ1v) is 11.0. The van der Waals surface area contributed by atoms with E-state index >= 15 is 0 Å². The number of carbonyl (C=O) groups excluding carboxylic acids is 1. The van der Waals surface area contributed by atoms with Crippen molar-refractivity contribution in [1.29, 1.82) is 0 Å². The van der Waals surface area contributed by atoms with Crippen LogP contribution >= 0.6 is 0 Å². The van der Waals surface area contributed by atoms with Gasteiger partial charge in [0.25, 0.3) is 5.91 Å². The van der Waals surface area contributed by atoms with Gasteiger partial charge in [-0.3, -0.25) is 14.7 Å². The fraction of sp³-hybridized carbons (Fsp3) is 0.417. The lowest BCUT2D eigenvalue weighted by Gasteiger charge is -2.37. The Labute approximate surface area is 188 Å². The molecule has 3 heterocycles. The second-order valence-corrected chi connectivity index (χ2v) is 8.40. The summed E-state index contributed by atoms with van der Waals surface area (Å²) in [7, 11) is 0. The Hall–Kier alpha value is -3.26. The minimum Gasteiger partial charge on any atom is -0.486 e. The maximum atomic E-state index is 12.1. The number of hydrogen-bond donors (Lipinski definition) is 1. The highest BCUT2D eigenvalue weighted by Gasteiger charge is 2.30. The molecule has 0 atom stereocenters. The Morgan fingerprint density at radius 3 is 2.72 bits per heavy atom. The molecular formula is C24H29N5O3. The second kappa shape index (κ2) is 9.48. The number of pyridine rings is 1. The van der Waals surface area contributed by atoms with Crippen LogP contribution in [0.5, 0.6) is 5.75 Å². The van der Waals surface area contributed by atoms with Crippen LogP contribution in [0.3, 0.4) is 0 Å². The number of benzene rings is 1. The Morgan fingerprint density at radius 1 is 1.28 bits per heavy atom. The number of aromatic nitrogens is 3. The lowest BCUT2D eigenvalue weighted by molar-refractivity contribution is 0.00844. The number of amides is 1. The Balaban J connectivity index is 1.30. The van der Waals surface area contributed by atoms with Gasteiger partial charge in [-0.2, -0.15) is 4.98 Å². The van der Waals surface area contributed by atoms with Crippen molar-refractivity contribution in [3.05, 3.63) is 59.4 Å². The zero-order valence-corrected chi connectivity index (χ0v) is 19.0. The van der Waals surface area contributed by atoms with Crippen molar-refractivity contribution >= 4 is 5.91 Å². The first kappa shape index (κ1) is 22.0. The number of aryl methyl sites for hydroxylation is 1. The van der Waals surface area contributed by atoms with Crippen LogP contribution in [-0.4, -0.2) is 51.7 Å². The lowest BCUT2D eigenvalue weighted by atomic mass is 10.0. The molecule has 0 spiro atoms. The molecule has 1 aromatic carbocycles. The maximum absolute atomic E-state index is 12.1. The third kappa shape index (κ3) is 4.96. The van der Waals surface area contributed by atoms with E-state index in [-0.39, 0.29) is 17.9 Å². The summed E-state index contributed by atoms with van der Waals surface area (Å²) < 4.78 is 11.3. The molecule has 4 rings (SSSR count). The summed E-state index contributed by atoms with van der Waals surface area (Å²) in [6, 6.07) is 9.63. The monoisotopic (exact) mass is 435 g/mol. The average Bonchev–Trinajstić information content (AvgIpc) is 3.22. The van der Waals surface area contributed by atoms with Crippen molar-refractivity contribution in [3.63, 3.8) is 0 Å². The van der Waals surface area contributed by atoms with E-state index in [1.165, 1.54) is 0 Å². The minimum atomic E-state index is -0.0535. The van der Waals surface area contributed by atoms with Gasteiger partial charge in [-0.25, -0.2) is 0 Å². The normalized spacial score (nSPS) is 14.4. The molecule has 0 unspecified atom stereocenters. The molecule has 1 aliphatic heterocycles. The van der Waals surface area contributed by atoms with Crippen LogP contribution in [0.15, 0.2) is 41.1 Å². The van der Waals surface area contributed by atoms with Gasteiger partial charge in [0.2, 0.25) is 5.89 Å². The van der Waals surface area contributed by atoms with Gasteiger partial charge in [0, 0.05) is 36.7 Å².